The first-order valence-corrected chi connectivity index (χ1v) is 6.53. The van der Waals surface area contributed by atoms with Crippen molar-refractivity contribution in [3.63, 3.8) is 0 Å². The van der Waals surface area contributed by atoms with E-state index in [1.54, 1.807) is 0 Å². The normalized spacial score (nSPS) is 19.6. The zero-order valence-electron chi connectivity index (χ0n) is 10.7. The maximum Gasteiger partial charge on any atom is 0.234 e. The minimum atomic E-state index is 0.0942. The molecule has 0 aromatic rings. The summed E-state index contributed by atoms with van der Waals surface area (Å²) in [6.07, 6.45) is 1.85. The van der Waals surface area contributed by atoms with Gasteiger partial charge < -0.3 is 15.7 Å². The van der Waals surface area contributed by atoms with E-state index in [2.05, 4.69) is 15.5 Å². The minimum Gasteiger partial charge on any atom is -0.396 e. The molecule has 0 aliphatic carbocycles. The lowest BCUT2D eigenvalue weighted by atomic mass is 10.1. The molecular formula is C12H25N3O2. The van der Waals surface area contributed by atoms with E-state index in [4.69, 9.17) is 5.11 Å². The number of nitrogens with one attached hydrogen (secondary N) is 2. The number of carbonyl (C=O) groups excluding carboxylic acids is 1. The van der Waals surface area contributed by atoms with Crippen LogP contribution in [0.3, 0.4) is 0 Å². The standard InChI is InChI=1S/C12H25N3O2/c1-11(3-8-16)9-14-12(17)10-15-6-2-4-13-5-7-15/h11,13,16H,2-10H2,1H3,(H,14,17). The van der Waals surface area contributed by atoms with Crippen LogP contribution in [0.4, 0.5) is 0 Å². The van der Waals surface area contributed by atoms with Gasteiger partial charge in [0.1, 0.15) is 0 Å². The molecule has 0 radical (unpaired) electrons. The highest BCUT2D eigenvalue weighted by atomic mass is 16.3. The second-order valence-corrected chi connectivity index (χ2v) is 4.80. The van der Waals surface area contributed by atoms with Crippen molar-refractivity contribution in [3.05, 3.63) is 0 Å². The van der Waals surface area contributed by atoms with Crippen LogP contribution in [0.25, 0.3) is 0 Å². The van der Waals surface area contributed by atoms with Crippen LogP contribution in [0, 0.1) is 5.92 Å². The predicted molar refractivity (Wildman–Crippen MR) is 67.8 cm³/mol. The average Bonchev–Trinajstić information content (AvgIpc) is 2.55. The van der Waals surface area contributed by atoms with E-state index in [-0.39, 0.29) is 12.5 Å². The third kappa shape index (κ3) is 6.61. The molecule has 1 fully saturated rings. The van der Waals surface area contributed by atoms with Crippen molar-refractivity contribution in [1.29, 1.82) is 0 Å². The van der Waals surface area contributed by atoms with Gasteiger partial charge in [0.2, 0.25) is 5.91 Å². The van der Waals surface area contributed by atoms with Crippen molar-refractivity contribution in [3.8, 4) is 0 Å². The van der Waals surface area contributed by atoms with Crippen molar-refractivity contribution in [2.24, 2.45) is 5.92 Å². The molecule has 0 saturated carbocycles. The fraction of sp³-hybridized carbons (Fsp3) is 0.917. The van der Waals surface area contributed by atoms with Gasteiger partial charge in [-0.05, 0) is 31.8 Å². The van der Waals surface area contributed by atoms with Gasteiger partial charge in [0.05, 0.1) is 6.54 Å². The molecule has 17 heavy (non-hydrogen) atoms. The molecule has 1 saturated heterocycles. The van der Waals surface area contributed by atoms with Gasteiger partial charge in [-0.3, -0.25) is 9.69 Å². The van der Waals surface area contributed by atoms with Gasteiger partial charge in [-0.2, -0.15) is 0 Å². The van der Waals surface area contributed by atoms with Crippen molar-refractivity contribution < 1.29 is 9.90 Å². The fourth-order valence-corrected chi connectivity index (χ4v) is 1.93. The smallest absolute Gasteiger partial charge is 0.234 e. The van der Waals surface area contributed by atoms with Crippen LogP contribution in [0.5, 0.6) is 0 Å². The van der Waals surface area contributed by atoms with E-state index in [9.17, 15) is 4.79 Å². The van der Waals surface area contributed by atoms with E-state index in [1.165, 1.54) is 0 Å². The number of rotatable bonds is 6. The molecule has 0 aromatic carbocycles. The number of hydrogen-bond donors (Lipinski definition) is 3. The number of aliphatic hydroxyl groups is 1. The minimum absolute atomic E-state index is 0.0942. The van der Waals surface area contributed by atoms with Gasteiger partial charge in [0.25, 0.3) is 0 Å². The fourth-order valence-electron chi connectivity index (χ4n) is 1.93. The molecule has 100 valence electrons. The third-order valence-corrected chi connectivity index (χ3v) is 3.07. The lowest BCUT2D eigenvalue weighted by molar-refractivity contribution is -0.122. The van der Waals surface area contributed by atoms with Gasteiger partial charge in [-0.25, -0.2) is 0 Å². The van der Waals surface area contributed by atoms with E-state index in [0.717, 1.165) is 39.0 Å². The van der Waals surface area contributed by atoms with Gasteiger partial charge in [0, 0.05) is 26.2 Å². The maximum atomic E-state index is 11.7. The van der Waals surface area contributed by atoms with Crippen LogP contribution in [-0.2, 0) is 4.79 Å². The summed E-state index contributed by atoms with van der Waals surface area (Å²) in [4.78, 5) is 13.9. The molecule has 0 spiro atoms. The van der Waals surface area contributed by atoms with Gasteiger partial charge in [0.15, 0.2) is 0 Å². The maximum absolute atomic E-state index is 11.7. The summed E-state index contributed by atoms with van der Waals surface area (Å²) in [5.74, 6) is 0.437. The summed E-state index contributed by atoms with van der Waals surface area (Å²) in [5, 5.41) is 15.0. The second kappa shape index (κ2) is 8.44. The Morgan fingerprint density at radius 1 is 1.47 bits per heavy atom. The second-order valence-electron chi connectivity index (χ2n) is 4.80. The summed E-state index contributed by atoms with van der Waals surface area (Å²) in [5.41, 5.74) is 0. The summed E-state index contributed by atoms with van der Waals surface area (Å²) >= 11 is 0. The average molecular weight is 243 g/mol. The van der Waals surface area contributed by atoms with E-state index < -0.39 is 0 Å². The highest BCUT2D eigenvalue weighted by molar-refractivity contribution is 5.78. The molecule has 1 aliphatic heterocycles. The summed E-state index contributed by atoms with van der Waals surface area (Å²) in [6.45, 7) is 7.33. The Morgan fingerprint density at radius 3 is 3.06 bits per heavy atom. The zero-order chi connectivity index (χ0) is 12.5. The molecule has 3 N–H and O–H groups in total. The molecular weight excluding hydrogens is 218 g/mol. The molecule has 1 heterocycles. The molecule has 5 nitrogen and oxygen atoms in total. The Balaban J connectivity index is 2.14. The quantitative estimate of drug-likeness (QED) is 0.584. The third-order valence-electron chi connectivity index (χ3n) is 3.07. The number of aliphatic hydroxyl groups excluding tert-OH is 1. The molecule has 5 heteroatoms. The first kappa shape index (κ1) is 14.4. The van der Waals surface area contributed by atoms with Crippen molar-refractivity contribution in [1.82, 2.24) is 15.5 Å². The van der Waals surface area contributed by atoms with Gasteiger partial charge >= 0.3 is 0 Å². The SMILES string of the molecule is CC(CCO)CNC(=O)CN1CCCNCC1. The highest BCUT2D eigenvalue weighted by Gasteiger charge is 2.12. The Labute approximate surface area is 104 Å². The van der Waals surface area contributed by atoms with Crippen LogP contribution >= 0.6 is 0 Å². The summed E-state index contributed by atoms with van der Waals surface area (Å²) in [6, 6.07) is 0. The predicted octanol–water partition coefficient (Wildman–Crippen LogP) is -0.584. The number of nitrogens with zero attached hydrogens (tertiary/aromatic N) is 1. The van der Waals surface area contributed by atoms with Crippen molar-refractivity contribution in [2.75, 3.05) is 45.9 Å². The molecule has 0 bridgehead atoms. The van der Waals surface area contributed by atoms with Crippen molar-refractivity contribution in [2.45, 2.75) is 19.8 Å². The molecule has 0 aromatic heterocycles. The van der Waals surface area contributed by atoms with E-state index in [1.807, 2.05) is 6.92 Å². The summed E-state index contributed by atoms with van der Waals surface area (Å²) < 4.78 is 0. The van der Waals surface area contributed by atoms with E-state index in [0.29, 0.717) is 19.0 Å². The number of hydrogen-bond acceptors (Lipinski definition) is 4. The Kier molecular flexibility index (Phi) is 7.16. The lowest BCUT2D eigenvalue weighted by Gasteiger charge is -2.19. The first-order valence-electron chi connectivity index (χ1n) is 6.53. The Bertz CT molecular complexity index is 216. The number of carbonyl (C=O) groups is 1. The lowest BCUT2D eigenvalue weighted by Crippen LogP contribution is -2.40. The topological polar surface area (TPSA) is 64.6 Å². The molecule has 1 rings (SSSR count). The van der Waals surface area contributed by atoms with Crippen LogP contribution < -0.4 is 10.6 Å². The van der Waals surface area contributed by atoms with Gasteiger partial charge in [-0.15, -0.1) is 0 Å². The van der Waals surface area contributed by atoms with Crippen LogP contribution in [0.15, 0.2) is 0 Å². The van der Waals surface area contributed by atoms with Gasteiger partial charge in [-0.1, -0.05) is 6.92 Å². The first-order chi connectivity index (χ1) is 8.22. The van der Waals surface area contributed by atoms with Crippen molar-refractivity contribution >= 4 is 5.91 Å². The van der Waals surface area contributed by atoms with Crippen LogP contribution in [-0.4, -0.2) is 61.8 Å². The molecule has 1 amide bonds. The monoisotopic (exact) mass is 243 g/mol. The van der Waals surface area contributed by atoms with Crippen LogP contribution in [0.2, 0.25) is 0 Å². The largest absolute Gasteiger partial charge is 0.396 e. The molecule has 1 unspecified atom stereocenters. The molecule has 1 aliphatic rings. The zero-order valence-corrected chi connectivity index (χ0v) is 10.7. The Hall–Kier alpha value is -0.650. The Morgan fingerprint density at radius 2 is 2.29 bits per heavy atom. The molecule has 1 atom stereocenters. The number of amides is 1. The summed E-state index contributed by atoms with van der Waals surface area (Å²) in [7, 11) is 0. The van der Waals surface area contributed by atoms with E-state index >= 15 is 0 Å². The van der Waals surface area contributed by atoms with Crippen LogP contribution in [0.1, 0.15) is 19.8 Å². The highest BCUT2D eigenvalue weighted by Crippen LogP contribution is 1.98.